The Morgan fingerprint density at radius 1 is 1.73 bits per heavy atom. The molecule has 0 rings (SSSR count). The predicted octanol–water partition coefficient (Wildman–Crippen LogP) is -0.194. The molecule has 1 unspecified atom stereocenters. The minimum Gasteiger partial charge on any atom is -0.428 e. The van der Waals surface area contributed by atoms with Crippen molar-refractivity contribution in [3.63, 3.8) is 0 Å². The molecule has 0 amide bonds. The fourth-order valence-electron chi connectivity index (χ4n) is 0.319. The zero-order chi connectivity index (χ0) is 9.07. The molecule has 0 radical (unpaired) electrons. The molecule has 0 aliphatic carbocycles. The van der Waals surface area contributed by atoms with Crippen molar-refractivity contribution in [2.45, 2.75) is 19.6 Å². The Morgan fingerprint density at radius 3 is 2.45 bits per heavy atom. The lowest BCUT2D eigenvalue weighted by Crippen LogP contribution is -2.35. The number of aliphatic hydroxyl groups excluding tert-OH is 1. The average Bonchev–Trinajstić information content (AvgIpc) is 1.87. The van der Waals surface area contributed by atoms with Crippen molar-refractivity contribution in [3.8, 4) is 0 Å². The molecule has 0 aliphatic rings. The third kappa shape index (κ3) is 3.75. The highest BCUT2D eigenvalue weighted by Crippen LogP contribution is 2.06. The van der Waals surface area contributed by atoms with Gasteiger partial charge in [0.15, 0.2) is 0 Å². The number of rotatable bonds is 3. The molecule has 0 aromatic heterocycles. The van der Waals surface area contributed by atoms with Crippen LogP contribution in [0.5, 0.6) is 0 Å². The summed E-state index contributed by atoms with van der Waals surface area (Å²) in [4.78, 5) is 10.7. The molecule has 4 nitrogen and oxygen atoms in total. The zero-order valence-corrected chi connectivity index (χ0v) is 6.63. The van der Waals surface area contributed by atoms with Gasteiger partial charge in [0, 0.05) is 12.5 Å². The van der Waals surface area contributed by atoms with Crippen molar-refractivity contribution in [2.24, 2.45) is 0 Å². The molecular formula is C7H12O4. The molecule has 0 heterocycles. The van der Waals surface area contributed by atoms with E-state index >= 15 is 0 Å². The first-order chi connectivity index (χ1) is 4.89. The van der Waals surface area contributed by atoms with Crippen LogP contribution in [-0.4, -0.2) is 28.6 Å². The highest BCUT2D eigenvalue weighted by molar-refractivity contribution is 5.87. The Hall–Kier alpha value is -0.870. The second kappa shape index (κ2) is 3.50. The lowest BCUT2D eigenvalue weighted by molar-refractivity contribution is -0.210. The molecule has 0 spiro atoms. The minimum absolute atomic E-state index is 0.179. The fourth-order valence-corrected chi connectivity index (χ4v) is 0.319. The molecule has 0 bridgehead atoms. The number of carbonyl (C=O) groups is 1. The first kappa shape index (κ1) is 10.1. The van der Waals surface area contributed by atoms with Gasteiger partial charge in [-0.2, -0.15) is 0 Å². The maximum absolute atomic E-state index is 10.7. The van der Waals surface area contributed by atoms with Crippen molar-refractivity contribution in [1.29, 1.82) is 0 Å². The van der Waals surface area contributed by atoms with Crippen molar-refractivity contribution < 1.29 is 19.7 Å². The fraction of sp³-hybridized carbons (Fsp3) is 0.571. The summed E-state index contributed by atoms with van der Waals surface area (Å²) in [6, 6.07) is 0. The van der Waals surface area contributed by atoms with Crippen LogP contribution in [0.25, 0.3) is 0 Å². The first-order valence-corrected chi connectivity index (χ1v) is 3.11. The number of ether oxygens (including phenoxy) is 1. The second-order valence-corrected chi connectivity index (χ2v) is 2.50. The first-order valence-electron chi connectivity index (χ1n) is 3.11. The maximum Gasteiger partial charge on any atom is 0.335 e. The smallest absolute Gasteiger partial charge is 0.335 e. The van der Waals surface area contributed by atoms with E-state index in [4.69, 9.17) is 10.2 Å². The average molecular weight is 160 g/mol. The molecule has 0 fully saturated rings. The highest BCUT2D eigenvalue weighted by atomic mass is 16.7. The van der Waals surface area contributed by atoms with Gasteiger partial charge in [-0.15, -0.1) is 0 Å². The Morgan fingerprint density at radius 2 is 2.18 bits per heavy atom. The van der Waals surface area contributed by atoms with Crippen LogP contribution in [-0.2, 0) is 9.53 Å². The van der Waals surface area contributed by atoms with E-state index in [9.17, 15) is 4.79 Å². The third-order valence-electron chi connectivity index (χ3n) is 0.954. The summed E-state index contributed by atoms with van der Waals surface area (Å²) < 4.78 is 4.42. The van der Waals surface area contributed by atoms with Crippen LogP contribution < -0.4 is 0 Å². The van der Waals surface area contributed by atoms with E-state index in [2.05, 4.69) is 11.3 Å². The van der Waals surface area contributed by atoms with Crippen LogP contribution in [0.1, 0.15) is 13.8 Å². The van der Waals surface area contributed by atoms with Gasteiger partial charge in [0.2, 0.25) is 5.79 Å². The number of esters is 1. The Labute approximate surface area is 65.1 Å². The summed E-state index contributed by atoms with van der Waals surface area (Å²) in [6.45, 7) is 5.32. The van der Waals surface area contributed by atoms with Gasteiger partial charge < -0.3 is 14.9 Å². The SMILES string of the molecule is C=C(C)C(=O)OC(C)(O)CO. The number of hydrogen-bond acceptors (Lipinski definition) is 4. The number of hydrogen-bond donors (Lipinski definition) is 2. The Bertz CT molecular complexity index is 171. The maximum atomic E-state index is 10.7. The standard InChI is InChI=1S/C7H12O4/c1-5(2)6(9)11-7(3,10)4-8/h8,10H,1,4H2,2-3H3. The van der Waals surface area contributed by atoms with Gasteiger partial charge in [0.1, 0.15) is 6.61 Å². The minimum atomic E-state index is -1.81. The van der Waals surface area contributed by atoms with E-state index in [1.165, 1.54) is 13.8 Å². The van der Waals surface area contributed by atoms with E-state index in [0.717, 1.165) is 0 Å². The lowest BCUT2D eigenvalue weighted by atomic mass is 10.3. The Kier molecular flexibility index (Phi) is 3.22. The van der Waals surface area contributed by atoms with Gasteiger partial charge in [-0.3, -0.25) is 0 Å². The van der Waals surface area contributed by atoms with E-state index in [-0.39, 0.29) is 5.57 Å². The quantitative estimate of drug-likeness (QED) is 0.341. The largest absolute Gasteiger partial charge is 0.428 e. The van der Waals surface area contributed by atoms with Crippen LogP contribution in [0, 0.1) is 0 Å². The molecule has 64 valence electrons. The second-order valence-electron chi connectivity index (χ2n) is 2.50. The topological polar surface area (TPSA) is 66.8 Å². The van der Waals surface area contributed by atoms with Crippen LogP contribution >= 0.6 is 0 Å². The summed E-state index contributed by atoms with van der Waals surface area (Å²) in [6.07, 6.45) is 0. The van der Waals surface area contributed by atoms with Crippen molar-refractivity contribution >= 4 is 5.97 Å². The van der Waals surface area contributed by atoms with Gasteiger partial charge in [-0.1, -0.05) is 6.58 Å². The van der Waals surface area contributed by atoms with Crippen molar-refractivity contribution in [3.05, 3.63) is 12.2 Å². The number of carbonyl (C=O) groups excluding carboxylic acids is 1. The van der Waals surface area contributed by atoms with Crippen molar-refractivity contribution in [1.82, 2.24) is 0 Å². The van der Waals surface area contributed by atoms with Gasteiger partial charge >= 0.3 is 5.97 Å². The number of aliphatic hydroxyl groups is 2. The molecule has 0 aromatic carbocycles. The molecule has 0 aliphatic heterocycles. The van der Waals surface area contributed by atoms with Gasteiger partial charge in [0.05, 0.1) is 0 Å². The van der Waals surface area contributed by atoms with Crippen LogP contribution in [0.15, 0.2) is 12.2 Å². The van der Waals surface area contributed by atoms with Crippen molar-refractivity contribution in [2.75, 3.05) is 6.61 Å². The molecule has 0 saturated heterocycles. The highest BCUT2D eigenvalue weighted by Gasteiger charge is 2.23. The molecule has 11 heavy (non-hydrogen) atoms. The van der Waals surface area contributed by atoms with Crippen LogP contribution in [0.3, 0.4) is 0 Å². The van der Waals surface area contributed by atoms with E-state index in [1.807, 2.05) is 0 Å². The van der Waals surface area contributed by atoms with Gasteiger partial charge in [-0.25, -0.2) is 4.79 Å². The van der Waals surface area contributed by atoms with Gasteiger partial charge in [-0.05, 0) is 6.92 Å². The van der Waals surface area contributed by atoms with Crippen LogP contribution in [0.2, 0.25) is 0 Å². The molecule has 4 heteroatoms. The zero-order valence-electron chi connectivity index (χ0n) is 6.63. The van der Waals surface area contributed by atoms with Gasteiger partial charge in [0.25, 0.3) is 0 Å². The summed E-state index contributed by atoms with van der Waals surface area (Å²) >= 11 is 0. The van der Waals surface area contributed by atoms with E-state index < -0.39 is 18.4 Å². The third-order valence-corrected chi connectivity index (χ3v) is 0.954. The normalized spacial score (nSPS) is 15.3. The van der Waals surface area contributed by atoms with Crippen LogP contribution in [0.4, 0.5) is 0 Å². The molecule has 2 N–H and O–H groups in total. The lowest BCUT2D eigenvalue weighted by Gasteiger charge is -2.20. The monoisotopic (exact) mass is 160 g/mol. The molecule has 0 aromatic rings. The summed E-state index contributed by atoms with van der Waals surface area (Å²) in [7, 11) is 0. The van der Waals surface area contributed by atoms with E-state index in [0.29, 0.717) is 0 Å². The summed E-state index contributed by atoms with van der Waals surface area (Å²) in [5.41, 5.74) is 0.179. The van der Waals surface area contributed by atoms with E-state index in [1.54, 1.807) is 0 Å². The molecular weight excluding hydrogens is 148 g/mol. The Balaban J connectivity index is 4.04. The predicted molar refractivity (Wildman–Crippen MR) is 38.6 cm³/mol. The molecule has 0 saturated carbocycles. The summed E-state index contributed by atoms with van der Waals surface area (Å²) in [5.74, 6) is -2.53. The molecule has 1 atom stereocenters. The summed E-state index contributed by atoms with van der Waals surface area (Å²) in [5, 5.41) is 17.5.